The van der Waals surface area contributed by atoms with Crippen LogP contribution in [0.25, 0.3) is 0 Å². The van der Waals surface area contributed by atoms with Gasteiger partial charge >= 0.3 is 0 Å². The Labute approximate surface area is 139 Å². The minimum atomic E-state index is 0. The quantitative estimate of drug-likeness (QED) is 0.469. The molecule has 19 valence electrons. The van der Waals surface area contributed by atoms with Crippen molar-refractivity contribution in [2.45, 2.75) is 0 Å². The van der Waals surface area contributed by atoms with Gasteiger partial charge in [-0.1, -0.05) is 0 Å². The van der Waals surface area contributed by atoms with Gasteiger partial charge in [-0.25, -0.2) is 0 Å². The number of rotatable bonds is 0. The molecule has 0 fully saturated rings. The molecule has 5 heavy (non-hydrogen) atoms. The maximum atomic E-state index is 0. The van der Waals surface area contributed by atoms with E-state index in [4.69, 9.17) is 0 Å². The van der Waals surface area contributed by atoms with Crippen LogP contribution in [-0.2, 0) is 17.1 Å². The van der Waals surface area contributed by atoms with E-state index in [1.807, 2.05) is 0 Å². The Hall–Kier alpha value is 4.64. The molecular weight excluding hydrogens is 342 g/mol. The van der Waals surface area contributed by atoms with Crippen LogP contribution in [0.4, 0.5) is 0 Å². The molecule has 0 aromatic heterocycles. The van der Waals surface area contributed by atoms with Crippen LogP contribution < -0.4 is 0 Å². The maximum Gasteiger partial charge on any atom is 0 e. The van der Waals surface area contributed by atoms with Crippen LogP contribution in [0.15, 0.2) is 0 Å². The molecule has 0 aromatic rings. The second-order valence-corrected chi connectivity index (χ2v) is 0. The van der Waals surface area contributed by atoms with Crippen LogP contribution in [0.5, 0.6) is 0 Å². The summed E-state index contributed by atoms with van der Waals surface area (Å²) in [5.41, 5.74) is 0. The summed E-state index contributed by atoms with van der Waals surface area (Å²) >= 11 is 0. The van der Waals surface area contributed by atoms with E-state index in [0.29, 0.717) is 0 Å². The molecule has 0 unspecified atom stereocenters. The molecular formula is BiCuKLiNa. The van der Waals surface area contributed by atoms with Crippen LogP contribution >= 0.6 is 0 Å². The van der Waals surface area contributed by atoms with Crippen molar-refractivity contribution in [1.29, 1.82) is 0 Å². The Balaban J connectivity index is 0. The third kappa shape index (κ3) is 17.7. The van der Waals surface area contributed by atoms with Crippen LogP contribution in [0, 0.1) is 0 Å². The first kappa shape index (κ1) is 33.4. The standard InChI is InChI=1S/Bi.Cu.K.Li.Na. The van der Waals surface area contributed by atoms with E-state index in [1.165, 1.54) is 0 Å². The van der Waals surface area contributed by atoms with Gasteiger partial charge < -0.3 is 0 Å². The zero-order valence-electron chi connectivity index (χ0n) is 3.75. The Morgan fingerprint density at radius 2 is 1.00 bits per heavy atom. The molecule has 7 radical (unpaired) electrons. The van der Waals surface area contributed by atoms with E-state index in [2.05, 4.69) is 0 Å². The molecule has 0 atom stereocenters. The van der Waals surface area contributed by atoms with Gasteiger partial charge in [-0.2, -0.15) is 0 Å². The summed E-state index contributed by atoms with van der Waals surface area (Å²) in [6.07, 6.45) is 0. The van der Waals surface area contributed by atoms with Crippen molar-refractivity contribution in [3.05, 3.63) is 0 Å². The predicted octanol–water partition coefficient (Wildman–Crippen LogP) is -1.53. The van der Waals surface area contributed by atoms with Gasteiger partial charge in [0.15, 0.2) is 0 Å². The molecule has 0 heterocycles. The average Bonchev–Trinajstić information content (AvgIpc) is 0. The summed E-state index contributed by atoms with van der Waals surface area (Å²) in [6.45, 7) is 0. The van der Waals surface area contributed by atoms with Crippen molar-refractivity contribution in [3.63, 3.8) is 0 Å². The SMILES string of the molecule is [Bi].[Cu].[K].[Li].[Na]. The van der Waals surface area contributed by atoms with Gasteiger partial charge in [0.1, 0.15) is 0 Å². The van der Waals surface area contributed by atoms with Crippen molar-refractivity contribution in [2.24, 2.45) is 0 Å². The van der Waals surface area contributed by atoms with Gasteiger partial charge in [-0.3, -0.25) is 0 Å². The van der Waals surface area contributed by atoms with Crippen LogP contribution in [0.3, 0.4) is 0 Å². The van der Waals surface area contributed by atoms with E-state index < -0.39 is 0 Å². The fourth-order valence-electron chi connectivity index (χ4n) is 0. The monoisotopic (exact) mass is 341 g/mol. The summed E-state index contributed by atoms with van der Waals surface area (Å²) in [5.74, 6) is 0. The summed E-state index contributed by atoms with van der Waals surface area (Å²) in [4.78, 5) is 0. The van der Waals surface area contributed by atoms with E-state index in [0.717, 1.165) is 0 Å². The number of hydrogen-bond acceptors (Lipinski definition) is 0. The fraction of sp³-hybridized carbons (Fsp3) is 0. The molecule has 0 aromatic carbocycles. The van der Waals surface area contributed by atoms with E-state index in [-0.39, 0.29) is 143 Å². The van der Waals surface area contributed by atoms with Crippen LogP contribution in [0.1, 0.15) is 0 Å². The molecule has 0 bridgehead atoms. The molecule has 0 spiro atoms. The minimum absolute atomic E-state index is 0. The zero-order valence-corrected chi connectivity index (χ0v) is 13.3. The van der Waals surface area contributed by atoms with Crippen molar-refractivity contribution in [1.82, 2.24) is 0 Å². The van der Waals surface area contributed by atoms with E-state index >= 15 is 0 Å². The fourth-order valence-corrected chi connectivity index (χ4v) is 0. The zero-order chi connectivity index (χ0) is 0. The first-order valence-electron chi connectivity index (χ1n) is 0. The van der Waals surface area contributed by atoms with Gasteiger partial charge in [0, 0.05) is 143 Å². The minimum Gasteiger partial charge on any atom is 0 e. The van der Waals surface area contributed by atoms with Crippen molar-refractivity contribution in [3.8, 4) is 0 Å². The summed E-state index contributed by atoms with van der Waals surface area (Å²) in [7, 11) is 0. The first-order chi connectivity index (χ1) is 0. The second-order valence-electron chi connectivity index (χ2n) is 0. The second kappa shape index (κ2) is 23.4. The van der Waals surface area contributed by atoms with E-state index in [1.54, 1.807) is 0 Å². The molecule has 0 aliphatic rings. The molecule has 0 saturated carbocycles. The van der Waals surface area contributed by atoms with Crippen LogP contribution in [-0.4, -0.2) is 126 Å². The molecule has 0 aliphatic heterocycles. The summed E-state index contributed by atoms with van der Waals surface area (Å²) in [5, 5.41) is 0. The summed E-state index contributed by atoms with van der Waals surface area (Å²) < 4.78 is 0. The number of hydrogen-bond donors (Lipinski definition) is 0. The summed E-state index contributed by atoms with van der Waals surface area (Å²) in [6, 6.07) is 0. The molecule has 0 rings (SSSR count). The van der Waals surface area contributed by atoms with Crippen molar-refractivity contribution in [2.75, 3.05) is 0 Å². The van der Waals surface area contributed by atoms with Gasteiger partial charge in [-0.05, 0) is 0 Å². The van der Waals surface area contributed by atoms with Crippen LogP contribution in [0.2, 0.25) is 0 Å². The Bertz CT molecular complexity index is 11.6. The predicted molar refractivity (Wildman–Crippen MR) is 23.0 cm³/mol. The van der Waals surface area contributed by atoms with Gasteiger partial charge in [0.05, 0.1) is 0 Å². The smallest absolute Gasteiger partial charge is 0 e. The Morgan fingerprint density at radius 1 is 1.00 bits per heavy atom. The third-order valence-electron chi connectivity index (χ3n) is 0. The first-order valence-corrected chi connectivity index (χ1v) is 0. The van der Waals surface area contributed by atoms with E-state index in [9.17, 15) is 0 Å². The average molecular weight is 342 g/mol. The molecule has 0 aliphatic carbocycles. The molecule has 0 nitrogen and oxygen atoms in total. The third-order valence-corrected chi connectivity index (χ3v) is 0. The topological polar surface area (TPSA) is 0 Å². The maximum absolute atomic E-state index is 0. The van der Waals surface area contributed by atoms with Gasteiger partial charge in [0.2, 0.25) is 0 Å². The Kier molecular flexibility index (Phi) is 157. The molecule has 0 amide bonds. The van der Waals surface area contributed by atoms with Gasteiger partial charge in [0.25, 0.3) is 0 Å². The van der Waals surface area contributed by atoms with Gasteiger partial charge in [-0.15, -0.1) is 0 Å². The molecule has 0 saturated heterocycles. The molecule has 5 heteroatoms. The Morgan fingerprint density at radius 3 is 1.00 bits per heavy atom. The molecule has 0 N–H and O–H groups in total. The van der Waals surface area contributed by atoms with Crippen molar-refractivity contribution < 1.29 is 17.1 Å². The normalized spacial score (nSPS) is 0. The largest absolute Gasteiger partial charge is 0 e. The van der Waals surface area contributed by atoms with Crippen molar-refractivity contribution >= 4 is 126 Å².